The van der Waals surface area contributed by atoms with Gasteiger partial charge in [0.15, 0.2) is 0 Å². The minimum absolute atomic E-state index is 0.0689. The predicted molar refractivity (Wildman–Crippen MR) is 125 cm³/mol. The average molecular weight is 423 g/mol. The number of amides is 2. The van der Waals surface area contributed by atoms with Gasteiger partial charge in [-0.2, -0.15) is 0 Å². The number of anilines is 1. The first-order valence-corrected chi connectivity index (χ1v) is 10.6. The van der Waals surface area contributed by atoms with Crippen molar-refractivity contribution in [3.05, 3.63) is 82.8 Å². The third-order valence-electron chi connectivity index (χ3n) is 4.33. The predicted octanol–water partition coefficient (Wildman–Crippen LogP) is 5.17. The third-order valence-corrected chi connectivity index (χ3v) is 5.73. The third kappa shape index (κ3) is 6.14. The highest BCUT2D eigenvalue weighted by molar-refractivity contribution is 8.26. The maximum atomic E-state index is 12.6. The first-order valence-electron chi connectivity index (χ1n) is 9.36. The van der Waals surface area contributed by atoms with Crippen LogP contribution in [0, 0.1) is 6.92 Å². The van der Waals surface area contributed by atoms with Crippen molar-refractivity contribution in [1.29, 1.82) is 0 Å². The summed E-state index contributed by atoms with van der Waals surface area (Å²) in [5.74, 6) is -0.169. The van der Waals surface area contributed by atoms with Crippen LogP contribution in [0.1, 0.15) is 24.0 Å². The molecule has 0 saturated carbocycles. The Morgan fingerprint density at radius 2 is 1.86 bits per heavy atom. The van der Waals surface area contributed by atoms with Crippen LogP contribution in [-0.4, -0.2) is 27.6 Å². The van der Waals surface area contributed by atoms with Gasteiger partial charge in [-0.25, -0.2) is 0 Å². The van der Waals surface area contributed by atoms with Crippen molar-refractivity contribution in [2.24, 2.45) is 0 Å². The number of nitrogens with one attached hydrogen (secondary N) is 1. The number of hydrogen-bond donors (Lipinski definition) is 1. The van der Waals surface area contributed by atoms with Gasteiger partial charge in [0.25, 0.3) is 5.91 Å². The average Bonchev–Trinajstić information content (AvgIpc) is 2.98. The minimum Gasteiger partial charge on any atom is -0.326 e. The molecule has 6 heteroatoms. The largest absolute Gasteiger partial charge is 0.326 e. The lowest BCUT2D eigenvalue weighted by molar-refractivity contribution is -0.122. The molecule has 0 bridgehead atoms. The molecule has 1 saturated heterocycles. The lowest BCUT2D eigenvalue weighted by atomic mass is 10.2. The molecule has 0 atom stereocenters. The van der Waals surface area contributed by atoms with Crippen molar-refractivity contribution in [3.8, 4) is 0 Å². The topological polar surface area (TPSA) is 49.4 Å². The van der Waals surface area contributed by atoms with Crippen molar-refractivity contribution in [2.45, 2.75) is 19.8 Å². The van der Waals surface area contributed by atoms with Gasteiger partial charge >= 0.3 is 0 Å². The van der Waals surface area contributed by atoms with Crippen molar-refractivity contribution < 1.29 is 9.59 Å². The standard InChI is InChI=1S/C23H22N2O2S2/c1-17-12-14-19(15-13-17)24-21(26)11-6-16-25-22(27)20(29-23(25)28)10-5-9-18-7-3-2-4-8-18/h2-5,7-10,12-15H,6,11,16H2,1H3,(H,24,26)/b9-5+,20-10-. The number of hydrogen-bond acceptors (Lipinski definition) is 4. The fraction of sp³-hybridized carbons (Fsp3) is 0.174. The number of carbonyl (C=O) groups excluding carboxylic acids is 2. The number of rotatable bonds is 7. The monoisotopic (exact) mass is 422 g/mol. The van der Waals surface area contributed by atoms with Gasteiger partial charge in [-0.1, -0.05) is 84.2 Å². The molecule has 148 valence electrons. The highest BCUT2D eigenvalue weighted by Crippen LogP contribution is 2.31. The number of thiocarbonyl (C=S) groups is 1. The van der Waals surface area contributed by atoms with Crippen LogP contribution in [0.3, 0.4) is 0 Å². The van der Waals surface area contributed by atoms with Gasteiger partial charge in [-0.05, 0) is 37.1 Å². The molecular weight excluding hydrogens is 400 g/mol. The molecule has 1 aliphatic rings. The Kier molecular flexibility index (Phi) is 7.38. The lowest BCUT2D eigenvalue weighted by Crippen LogP contribution is -2.29. The first-order chi connectivity index (χ1) is 14.0. The van der Waals surface area contributed by atoms with E-state index in [1.807, 2.05) is 73.7 Å². The SMILES string of the molecule is Cc1ccc(NC(=O)CCCN2C(=O)/C(=C/C=C/c3ccccc3)SC2=S)cc1. The molecule has 0 spiro atoms. The summed E-state index contributed by atoms with van der Waals surface area (Å²) in [6, 6.07) is 17.6. The van der Waals surface area contributed by atoms with Gasteiger partial charge in [-0.15, -0.1) is 0 Å². The van der Waals surface area contributed by atoms with Crippen LogP contribution in [0.25, 0.3) is 6.08 Å². The molecular formula is C23H22N2O2S2. The van der Waals surface area contributed by atoms with E-state index in [4.69, 9.17) is 12.2 Å². The Morgan fingerprint density at radius 1 is 1.14 bits per heavy atom. The molecule has 4 nitrogen and oxygen atoms in total. The number of allylic oxidation sites excluding steroid dienone is 2. The fourth-order valence-corrected chi connectivity index (χ4v) is 4.04. The molecule has 1 aliphatic heterocycles. The number of carbonyl (C=O) groups is 2. The number of aryl methyl sites for hydroxylation is 1. The van der Waals surface area contributed by atoms with Crippen LogP contribution < -0.4 is 5.32 Å². The second-order valence-corrected chi connectivity index (χ2v) is 8.32. The van der Waals surface area contributed by atoms with E-state index in [-0.39, 0.29) is 11.8 Å². The van der Waals surface area contributed by atoms with E-state index in [1.165, 1.54) is 11.8 Å². The summed E-state index contributed by atoms with van der Waals surface area (Å²) in [5.41, 5.74) is 2.99. The Bertz CT molecular complexity index is 951. The van der Waals surface area contributed by atoms with E-state index < -0.39 is 0 Å². The number of benzene rings is 2. The summed E-state index contributed by atoms with van der Waals surface area (Å²) in [6.45, 7) is 2.44. The Balaban J connectivity index is 1.48. The zero-order valence-electron chi connectivity index (χ0n) is 16.1. The van der Waals surface area contributed by atoms with Gasteiger partial charge in [-0.3, -0.25) is 14.5 Å². The van der Waals surface area contributed by atoms with E-state index in [0.29, 0.717) is 28.6 Å². The van der Waals surface area contributed by atoms with Gasteiger partial charge in [0, 0.05) is 18.7 Å². The van der Waals surface area contributed by atoms with Crippen molar-refractivity contribution in [3.63, 3.8) is 0 Å². The summed E-state index contributed by atoms with van der Waals surface area (Å²) in [7, 11) is 0. The highest BCUT2D eigenvalue weighted by atomic mass is 32.2. The first kappa shape index (κ1) is 21.0. The summed E-state index contributed by atoms with van der Waals surface area (Å²) < 4.78 is 0.535. The molecule has 0 radical (unpaired) electrons. The Labute approximate surface area is 180 Å². The molecule has 1 fully saturated rings. The van der Waals surface area contributed by atoms with Crippen molar-refractivity contribution >= 4 is 51.9 Å². The lowest BCUT2D eigenvalue weighted by Gasteiger charge is -2.14. The van der Waals surface area contributed by atoms with Crippen LogP contribution in [0.5, 0.6) is 0 Å². The minimum atomic E-state index is -0.100. The van der Waals surface area contributed by atoms with Gasteiger partial charge < -0.3 is 5.32 Å². The molecule has 29 heavy (non-hydrogen) atoms. The fourth-order valence-electron chi connectivity index (χ4n) is 2.78. The van der Waals surface area contributed by atoms with E-state index >= 15 is 0 Å². The van der Waals surface area contributed by atoms with Crippen LogP contribution in [0.15, 0.2) is 71.7 Å². The zero-order chi connectivity index (χ0) is 20.6. The highest BCUT2D eigenvalue weighted by Gasteiger charge is 2.31. The second-order valence-electron chi connectivity index (χ2n) is 6.64. The number of nitrogens with zero attached hydrogens (tertiary/aromatic N) is 1. The normalized spacial score (nSPS) is 15.5. The van der Waals surface area contributed by atoms with Gasteiger partial charge in [0.05, 0.1) is 4.91 Å². The van der Waals surface area contributed by atoms with Crippen LogP contribution in [0.2, 0.25) is 0 Å². The molecule has 2 amide bonds. The van der Waals surface area contributed by atoms with E-state index in [0.717, 1.165) is 16.8 Å². The molecule has 1 heterocycles. The summed E-state index contributed by atoms with van der Waals surface area (Å²) in [5, 5.41) is 2.87. The quantitative estimate of drug-likeness (QED) is 0.494. The maximum absolute atomic E-state index is 12.6. The molecule has 2 aromatic rings. The molecule has 0 aromatic heterocycles. The van der Waals surface area contributed by atoms with E-state index in [1.54, 1.807) is 11.0 Å². The smallest absolute Gasteiger partial charge is 0.266 e. The van der Waals surface area contributed by atoms with Gasteiger partial charge in [0.2, 0.25) is 5.91 Å². The van der Waals surface area contributed by atoms with Crippen molar-refractivity contribution in [2.75, 3.05) is 11.9 Å². The zero-order valence-corrected chi connectivity index (χ0v) is 17.8. The molecule has 3 rings (SSSR count). The van der Waals surface area contributed by atoms with E-state index in [2.05, 4.69) is 5.32 Å². The van der Waals surface area contributed by atoms with Crippen LogP contribution >= 0.6 is 24.0 Å². The Morgan fingerprint density at radius 3 is 2.59 bits per heavy atom. The molecule has 0 aliphatic carbocycles. The summed E-state index contributed by atoms with van der Waals surface area (Å²) in [6.07, 6.45) is 6.48. The van der Waals surface area contributed by atoms with E-state index in [9.17, 15) is 9.59 Å². The molecule has 1 N–H and O–H groups in total. The van der Waals surface area contributed by atoms with Gasteiger partial charge in [0.1, 0.15) is 4.32 Å². The van der Waals surface area contributed by atoms with Crippen LogP contribution in [0.4, 0.5) is 5.69 Å². The summed E-state index contributed by atoms with van der Waals surface area (Å²) >= 11 is 6.63. The number of thioether (sulfide) groups is 1. The molecule has 0 unspecified atom stereocenters. The van der Waals surface area contributed by atoms with Crippen molar-refractivity contribution in [1.82, 2.24) is 4.90 Å². The van der Waals surface area contributed by atoms with Crippen LogP contribution in [-0.2, 0) is 9.59 Å². The molecule has 2 aromatic carbocycles. The maximum Gasteiger partial charge on any atom is 0.266 e. The second kappa shape index (κ2) is 10.2. The summed E-state index contributed by atoms with van der Waals surface area (Å²) in [4.78, 5) is 26.8. The Hall–Kier alpha value is -2.70.